The van der Waals surface area contributed by atoms with Crippen molar-refractivity contribution in [3.8, 4) is 17.2 Å². The van der Waals surface area contributed by atoms with Crippen molar-refractivity contribution < 1.29 is 19.0 Å². The third-order valence-corrected chi connectivity index (χ3v) is 6.17. The molecule has 2 heterocycles. The molecule has 2 aromatic carbocycles. The van der Waals surface area contributed by atoms with Crippen molar-refractivity contribution in [2.24, 2.45) is 0 Å². The van der Waals surface area contributed by atoms with Gasteiger partial charge in [0.15, 0.2) is 11.5 Å². The summed E-state index contributed by atoms with van der Waals surface area (Å²) < 4.78 is 17.5. The number of nitrogens with zero attached hydrogens (tertiary/aromatic N) is 3. The Morgan fingerprint density at radius 1 is 1.09 bits per heavy atom. The molecule has 0 saturated carbocycles. The number of hydrogen-bond donors (Lipinski definition) is 0. The first kappa shape index (κ1) is 22.6. The number of aromatic nitrogens is 2. The number of aryl methyl sites for hydroxylation is 1. The minimum atomic E-state index is -0.163. The van der Waals surface area contributed by atoms with E-state index in [2.05, 4.69) is 4.98 Å². The molecule has 3 aromatic rings. The summed E-state index contributed by atoms with van der Waals surface area (Å²) in [6.45, 7) is 1.17. The Labute approximate surface area is 192 Å². The average molecular weight is 452 g/mol. The van der Waals surface area contributed by atoms with Gasteiger partial charge in [0, 0.05) is 25.6 Å². The smallest absolute Gasteiger partial charge is 0.261 e. The summed E-state index contributed by atoms with van der Waals surface area (Å²) in [4.78, 5) is 32.3. The lowest BCUT2D eigenvalue weighted by molar-refractivity contribution is -0.132. The molecule has 1 amide bonds. The number of carbonyl (C=O) groups is 1. The number of benzene rings is 2. The molecule has 1 saturated heterocycles. The fourth-order valence-corrected chi connectivity index (χ4v) is 4.45. The minimum absolute atomic E-state index is 0.0695. The fraction of sp³-hybridized carbons (Fsp3) is 0.400. The lowest BCUT2D eigenvalue weighted by Gasteiger charge is -2.25. The van der Waals surface area contributed by atoms with Crippen LogP contribution in [0.1, 0.15) is 37.3 Å². The Morgan fingerprint density at radius 2 is 1.88 bits per heavy atom. The zero-order valence-electron chi connectivity index (χ0n) is 19.2. The third-order valence-electron chi connectivity index (χ3n) is 6.17. The largest absolute Gasteiger partial charge is 0.497 e. The van der Waals surface area contributed by atoms with Gasteiger partial charge in [-0.3, -0.25) is 14.2 Å². The van der Waals surface area contributed by atoms with E-state index in [-0.39, 0.29) is 17.5 Å². The average Bonchev–Trinajstić information content (AvgIpc) is 3.35. The van der Waals surface area contributed by atoms with Crippen LogP contribution in [-0.2, 0) is 11.3 Å². The van der Waals surface area contributed by atoms with Gasteiger partial charge in [-0.1, -0.05) is 12.1 Å². The molecular formula is C25H29N3O5. The number of hydrogen-bond acceptors (Lipinski definition) is 6. The molecule has 1 atom stereocenters. The molecular weight excluding hydrogens is 422 g/mol. The highest BCUT2D eigenvalue weighted by molar-refractivity contribution is 5.81. The van der Waals surface area contributed by atoms with E-state index in [1.807, 2.05) is 29.2 Å². The predicted octanol–water partition coefficient (Wildman–Crippen LogP) is 3.57. The van der Waals surface area contributed by atoms with Crippen molar-refractivity contribution in [2.45, 2.75) is 38.3 Å². The maximum absolute atomic E-state index is 13.0. The molecule has 174 valence electrons. The van der Waals surface area contributed by atoms with Crippen molar-refractivity contribution in [1.82, 2.24) is 14.5 Å². The molecule has 1 fully saturated rings. The summed E-state index contributed by atoms with van der Waals surface area (Å²) in [5.74, 6) is 1.91. The highest BCUT2D eigenvalue weighted by Gasteiger charge is 2.29. The highest BCUT2D eigenvalue weighted by Crippen LogP contribution is 2.34. The molecule has 0 bridgehead atoms. The summed E-state index contributed by atoms with van der Waals surface area (Å²) in [6.07, 6.45) is 4.37. The van der Waals surface area contributed by atoms with Crippen LogP contribution in [0.4, 0.5) is 0 Å². The molecule has 0 spiro atoms. The van der Waals surface area contributed by atoms with Gasteiger partial charge in [-0.2, -0.15) is 0 Å². The van der Waals surface area contributed by atoms with Gasteiger partial charge in [-0.25, -0.2) is 4.98 Å². The molecule has 0 radical (unpaired) electrons. The number of fused-ring (bicyclic) bond motifs is 1. The normalized spacial score (nSPS) is 15.6. The second-order valence-electron chi connectivity index (χ2n) is 8.09. The maximum Gasteiger partial charge on any atom is 0.261 e. The van der Waals surface area contributed by atoms with E-state index < -0.39 is 0 Å². The van der Waals surface area contributed by atoms with Crippen LogP contribution in [0.2, 0.25) is 0 Å². The third kappa shape index (κ3) is 4.65. The summed E-state index contributed by atoms with van der Waals surface area (Å²) in [7, 11) is 4.72. The number of rotatable bonds is 8. The molecule has 4 rings (SSSR count). The second kappa shape index (κ2) is 9.94. The number of carbonyl (C=O) groups excluding carboxylic acids is 1. The zero-order valence-corrected chi connectivity index (χ0v) is 19.2. The van der Waals surface area contributed by atoms with E-state index >= 15 is 0 Å². The SMILES string of the molecule is COc1cccc(C2CCCN2C(=O)CCCn2cnc3cc(OC)c(OC)cc3c2=O)c1. The zero-order chi connectivity index (χ0) is 23.4. The van der Waals surface area contributed by atoms with Gasteiger partial charge in [0.1, 0.15) is 5.75 Å². The molecule has 0 N–H and O–H groups in total. The number of likely N-dealkylation sites (tertiary alicyclic amines) is 1. The van der Waals surface area contributed by atoms with Crippen LogP contribution in [-0.4, -0.2) is 48.2 Å². The van der Waals surface area contributed by atoms with E-state index in [1.54, 1.807) is 30.9 Å². The quantitative estimate of drug-likeness (QED) is 0.521. The molecule has 1 aliphatic rings. The van der Waals surface area contributed by atoms with Gasteiger partial charge < -0.3 is 19.1 Å². The van der Waals surface area contributed by atoms with Crippen LogP contribution < -0.4 is 19.8 Å². The van der Waals surface area contributed by atoms with Crippen molar-refractivity contribution in [3.05, 3.63) is 58.6 Å². The van der Waals surface area contributed by atoms with E-state index in [4.69, 9.17) is 14.2 Å². The first-order valence-corrected chi connectivity index (χ1v) is 11.1. The summed E-state index contributed by atoms with van der Waals surface area (Å²) >= 11 is 0. The minimum Gasteiger partial charge on any atom is -0.497 e. The van der Waals surface area contributed by atoms with Crippen LogP contribution in [0, 0.1) is 0 Å². The van der Waals surface area contributed by atoms with Crippen LogP contribution in [0.5, 0.6) is 17.2 Å². The van der Waals surface area contributed by atoms with E-state index in [9.17, 15) is 9.59 Å². The lowest BCUT2D eigenvalue weighted by atomic mass is 10.0. The Morgan fingerprint density at radius 3 is 2.64 bits per heavy atom. The van der Waals surface area contributed by atoms with Crippen LogP contribution in [0.3, 0.4) is 0 Å². The summed E-state index contributed by atoms with van der Waals surface area (Å²) in [5.41, 5.74) is 1.48. The van der Waals surface area contributed by atoms with Gasteiger partial charge in [0.2, 0.25) is 5.91 Å². The number of methoxy groups -OCH3 is 3. The standard InChI is InChI=1S/C25H29N3O5/c1-31-18-8-4-7-17(13-18)21-9-5-12-28(21)24(29)10-6-11-27-16-26-20-15-23(33-3)22(32-2)14-19(20)25(27)30/h4,7-8,13-16,21H,5-6,9-12H2,1-3H3. The van der Waals surface area contributed by atoms with Gasteiger partial charge in [-0.15, -0.1) is 0 Å². The van der Waals surface area contributed by atoms with E-state index in [1.165, 1.54) is 13.4 Å². The number of ether oxygens (including phenoxy) is 3. The molecule has 1 aliphatic heterocycles. The molecule has 0 aliphatic carbocycles. The monoisotopic (exact) mass is 451 g/mol. The first-order chi connectivity index (χ1) is 16.0. The van der Waals surface area contributed by atoms with E-state index in [0.717, 1.165) is 30.7 Å². The second-order valence-corrected chi connectivity index (χ2v) is 8.09. The summed E-state index contributed by atoms with van der Waals surface area (Å²) in [6, 6.07) is 11.3. The van der Waals surface area contributed by atoms with Crippen molar-refractivity contribution in [3.63, 3.8) is 0 Å². The van der Waals surface area contributed by atoms with E-state index in [0.29, 0.717) is 41.8 Å². The molecule has 33 heavy (non-hydrogen) atoms. The lowest BCUT2D eigenvalue weighted by Crippen LogP contribution is -2.31. The number of amides is 1. The van der Waals surface area contributed by atoms with Crippen LogP contribution in [0.25, 0.3) is 10.9 Å². The Balaban J connectivity index is 1.43. The van der Waals surface area contributed by atoms with Crippen molar-refractivity contribution >= 4 is 16.8 Å². The predicted molar refractivity (Wildman–Crippen MR) is 125 cm³/mol. The Hall–Kier alpha value is -3.55. The Kier molecular flexibility index (Phi) is 6.82. The fourth-order valence-electron chi connectivity index (χ4n) is 4.45. The first-order valence-electron chi connectivity index (χ1n) is 11.1. The summed E-state index contributed by atoms with van der Waals surface area (Å²) in [5, 5.41) is 0.458. The molecule has 1 aromatic heterocycles. The highest BCUT2D eigenvalue weighted by atomic mass is 16.5. The van der Waals surface area contributed by atoms with Crippen molar-refractivity contribution in [2.75, 3.05) is 27.9 Å². The molecule has 8 nitrogen and oxygen atoms in total. The maximum atomic E-state index is 13.0. The topological polar surface area (TPSA) is 82.9 Å². The van der Waals surface area contributed by atoms with Gasteiger partial charge in [-0.05, 0) is 43.0 Å². The Bertz CT molecular complexity index is 1210. The van der Waals surface area contributed by atoms with Gasteiger partial charge >= 0.3 is 0 Å². The van der Waals surface area contributed by atoms with Crippen LogP contribution in [0.15, 0.2) is 47.5 Å². The van der Waals surface area contributed by atoms with Gasteiger partial charge in [0.05, 0.1) is 44.6 Å². The molecule has 8 heteroatoms. The van der Waals surface area contributed by atoms with Crippen molar-refractivity contribution in [1.29, 1.82) is 0 Å². The molecule has 1 unspecified atom stereocenters. The van der Waals surface area contributed by atoms with Crippen LogP contribution >= 0.6 is 0 Å². The van der Waals surface area contributed by atoms with Gasteiger partial charge in [0.25, 0.3) is 5.56 Å².